The van der Waals surface area contributed by atoms with E-state index in [2.05, 4.69) is 26.1 Å². The summed E-state index contributed by atoms with van der Waals surface area (Å²) in [4.78, 5) is 25.2. The second-order valence-electron chi connectivity index (χ2n) is 7.09. The lowest BCUT2D eigenvalue weighted by molar-refractivity contribution is -0.150. The smallest absolute Gasteiger partial charge is 0.314 e. The number of benzene rings is 2. The number of carbonyl (C=O) groups excluding carboxylic acids is 2. The van der Waals surface area contributed by atoms with Crippen molar-refractivity contribution in [1.82, 2.24) is 0 Å². The Morgan fingerprint density at radius 1 is 0.929 bits per heavy atom. The Morgan fingerprint density at radius 3 is 2.07 bits per heavy atom. The molecule has 0 spiro atoms. The number of ether oxygens (including phenoxy) is 1. The maximum atomic E-state index is 12.7. The van der Waals surface area contributed by atoms with Crippen LogP contribution in [0.15, 0.2) is 48.5 Å². The molecule has 0 saturated carbocycles. The highest BCUT2D eigenvalue weighted by molar-refractivity contribution is 5.94. The van der Waals surface area contributed by atoms with Crippen molar-refractivity contribution in [2.45, 2.75) is 52.9 Å². The maximum Gasteiger partial charge on any atom is 0.314 e. The molecule has 1 amide bonds. The van der Waals surface area contributed by atoms with Gasteiger partial charge in [-0.05, 0) is 35.4 Å². The van der Waals surface area contributed by atoms with Gasteiger partial charge in [-0.15, -0.1) is 0 Å². The van der Waals surface area contributed by atoms with Crippen LogP contribution in [0.1, 0.15) is 56.7 Å². The number of carbonyl (C=O) groups is 2. The van der Waals surface area contributed by atoms with Gasteiger partial charge in [0, 0.05) is 5.69 Å². The van der Waals surface area contributed by atoms with Gasteiger partial charge in [-0.2, -0.15) is 0 Å². The molecule has 0 aliphatic heterocycles. The topological polar surface area (TPSA) is 55.4 Å². The number of rotatable bonds is 9. The van der Waals surface area contributed by atoms with Crippen LogP contribution in [0.5, 0.6) is 0 Å². The minimum absolute atomic E-state index is 0.130. The molecule has 2 atom stereocenters. The third kappa shape index (κ3) is 5.44. The van der Waals surface area contributed by atoms with Gasteiger partial charge < -0.3 is 10.1 Å². The van der Waals surface area contributed by atoms with Crippen LogP contribution in [0.4, 0.5) is 5.69 Å². The Hall–Kier alpha value is -2.62. The van der Waals surface area contributed by atoms with Gasteiger partial charge in [0.2, 0.25) is 0 Å². The third-order valence-electron chi connectivity index (χ3n) is 5.23. The van der Waals surface area contributed by atoms with Crippen molar-refractivity contribution in [2.75, 3.05) is 11.9 Å². The predicted octanol–water partition coefficient (Wildman–Crippen LogP) is 5.12. The van der Waals surface area contributed by atoms with Gasteiger partial charge in [0.1, 0.15) is 0 Å². The fraction of sp³-hybridized carbons (Fsp3) is 0.417. The van der Waals surface area contributed by atoms with Crippen LogP contribution in [0.2, 0.25) is 0 Å². The molecule has 0 bridgehead atoms. The maximum absolute atomic E-state index is 12.7. The van der Waals surface area contributed by atoms with E-state index in [4.69, 9.17) is 4.74 Å². The van der Waals surface area contributed by atoms with Crippen molar-refractivity contribution >= 4 is 17.6 Å². The van der Waals surface area contributed by atoms with Gasteiger partial charge in [0.05, 0.1) is 5.92 Å². The van der Waals surface area contributed by atoms with Crippen LogP contribution in [0, 0.1) is 5.92 Å². The van der Waals surface area contributed by atoms with E-state index in [-0.39, 0.29) is 30.3 Å². The van der Waals surface area contributed by atoms with Crippen molar-refractivity contribution in [3.8, 4) is 0 Å². The van der Waals surface area contributed by atoms with Crippen molar-refractivity contribution in [3.05, 3.63) is 65.2 Å². The van der Waals surface area contributed by atoms with Gasteiger partial charge in [-0.1, -0.05) is 82.6 Å². The zero-order valence-electron chi connectivity index (χ0n) is 17.3. The summed E-state index contributed by atoms with van der Waals surface area (Å²) in [5.74, 6) is -0.895. The fourth-order valence-corrected chi connectivity index (χ4v) is 3.40. The SMILES string of the molecule is CCc1cccc(CC)c1NC(=O)COC(=O)[C@@H](c1ccccc1)[C@@H](C)CC. The number of hydrogen-bond acceptors (Lipinski definition) is 3. The molecule has 0 radical (unpaired) electrons. The Balaban J connectivity index is 2.06. The van der Waals surface area contributed by atoms with Gasteiger partial charge in [0.15, 0.2) is 6.61 Å². The molecule has 0 heterocycles. The minimum Gasteiger partial charge on any atom is -0.455 e. The molecule has 0 aliphatic rings. The third-order valence-corrected chi connectivity index (χ3v) is 5.23. The summed E-state index contributed by atoms with van der Waals surface area (Å²) >= 11 is 0. The van der Waals surface area contributed by atoms with Crippen molar-refractivity contribution in [3.63, 3.8) is 0 Å². The summed E-state index contributed by atoms with van der Waals surface area (Å²) in [5, 5.41) is 2.94. The molecule has 150 valence electrons. The van der Waals surface area contributed by atoms with Gasteiger partial charge >= 0.3 is 5.97 Å². The van der Waals surface area contributed by atoms with Gasteiger partial charge in [-0.25, -0.2) is 0 Å². The summed E-state index contributed by atoms with van der Waals surface area (Å²) in [6.45, 7) is 7.92. The second-order valence-corrected chi connectivity index (χ2v) is 7.09. The van der Waals surface area contributed by atoms with E-state index < -0.39 is 0 Å². The molecule has 2 aromatic rings. The summed E-state index contributed by atoms with van der Waals surface area (Å²) in [7, 11) is 0. The molecule has 2 rings (SSSR count). The second kappa shape index (κ2) is 10.6. The highest BCUT2D eigenvalue weighted by Gasteiger charge is 2.27. The lowest BCUT2D eigenvalue weighted by atomic mass is 9.86. The Kier molecular flexibility index (Phi) is 8.24. The number of para-hydroxylation sites is 1. The van der Waals surface area contributed by atoms with Gasteiger partial charge in [-0.3, -0.25) is 9.59 Å². The highest BCUT2D eigenvalue weighted by Crippen LogP contribution is 2.28. The normalized spacial score (nSPS) is 12.9. The van der Waals surface area contributed by atoms with Crippen molar-refractivity contribution < 1.29 is 14.3 Å². The molecule has 4 heteroatoms. The first kappa shape index (κ1) is 21.7. The fourth-order valence-electron chi connectivity index (χ4n) is 3.40. The number of anilines is 1. The lowest BCUT2D eigenvalue weighted by Crippen LogP contribution is -2.27. The van der Waals surface area contributed by atoms with E-state index in [1.165, 1.54) is 0 Å². The van der Waals surface area contributed by atoms with Crippen molar-refractivity contribution in [2.24, 2.45) is 5.92 Å². The molecule has 2 aromatic carbocycles. The first-order valence-electron chi connectivity index (χ1n) is 10.1. The van der Waals surface area contributed by atoms with E-state index in [0.29, 0.717) is 0 Å². The van der Waals surface area contributed by atoms with E-state index in [0.717, 1.165) is 41.6 Å². The van der Waals surface area contributed by atoms with E-state index >= 15 is 0 Å². The molecule has 0 unspecified atom stereocenters. The van der Waals surface area contributed by atoms with Crippen molar-refractivity contribution in [1.29, 1.82) is 0 Å². The standard InChI is InChI=1S/C24H31NO3/c1-5-17(4)22(20-12-9-8-10-13-20)24(27)28-16-21(26)25-23-18(6-2)14-11-15-19(23)7-3/h8-15,17,22H,5-7,16H2,1-4H3,(H,25,26)/t17-,22+/m0/s1. The molecule has 0 fully saturated rings. The van der Waals surface area contributed by atoms with Gasteiger partial charge in [0.25, 0.3) is 5.91 Å². The predicted molar refractivity (Wildman–Crippen MR) is 113 cm³/mol. The molecule has 0 aromatic heterocycles. The zero-order valence-corrected chi connectivity index (χ0v) is 17.3. The van der Waals surface area contributed by atoms with Crippen LogP contribution in [-0.2, 0) is 27.2 Å². The molecule has 28 heavy (non-hydrogen) atoms. The number of aryl methyl sites for hydroxylation is 2. The van der Waals surface area contributed by atoms with E-state index in [1.807, 2.05) is 55.5 Å². The Bertz CT molecular complexity index is 763. The average Bonchev–Trinajstić information content (AvgIpc) is 2.73. The average molecular weight is 382 g/mol. The van der Waals surface area contributed by atoms with Crippen LogP contribution in [0.3, 0.4) is 0 Å². The molecular formula is C24H31NO3. The number of amides is 1. The molecule has 4 nitrogen and oxygen atoms in total. The molecular weight excluding hydrogens is 350 g/mol. The zero-order chi connectivity index (χ0) is 20.5. The Labute approximate surface area is 168 Å². The molecule has 1 N–H and O–H groups in total. The largest absolute Gasteiger partial charge is 0.455 e. The van der Waals surface area contributed by atoms with E-state index in [1.54, 1.807) is 0 Å². The number of nitrogens with one attached hydrogen (secondary N) is 1. The summed E-state index contributed by atoms with van der Waals surface area (Å²) in [6.07, 6.45) is 2.51. The van der Waals surface area contributed by atoms with Crippen LogP contribution < -0.4 is 5.32 Å². The molecule has 0 saturated heterocycles. The first-order chi connectivity index (χ1) is 13.5. The number of hydrogen-bond donors (Lipinski definition) is 1. The lowest BCUT2D eigenvalue weighted by Gasteiger charge is -2.22. The quantitative estimate of drug-likeness (QED) is 0.613. The Morgan fingerprint density at radius 2 is 1.54 bits per heavy atom. The summed E-state index contributed by atoms with van der Waals surface area (Å²) in [5.41, 5.74) is 3.93. The van der Waals surface area contributed by atoms with Crippen LogP contribution in [-0.4, -0.2) is 18.5 Å². The number of esters is 1. The summed E-state index contributed by atoms with van der Waals surface area (Å²) < 4.78 is 5.41. The van der Waals surface area contributed by atoms with Crippen LogP contribution >= 0.6 is 0 Å². The van der Waals surface area contributed by atoms with E-state index in [9.17, 15) is 9.59 Å². The minimum atomic E-state index is -0.367. The van der Waals surface area contributed by atoms with Crippen LogP contribution in [0.25, 0.3) is 0 Å². The monoisotopic (exact) mass is 381 g/mol. The first-order valence-corrected chi connectivity index (χ1v) is 10.1. The highest BCUT2D eigenvalue weighted by atomic mass is 16.5. The molecule has 0 aliphatic carbocycles. The summed E-state index contributed by atoms with van der Waals surface area (Å²) in [6, 6.07) is 15.6.